The van der Waals surface area contributed by atoms with Crippen LogP contribution < -0.4 is 9.64 Å². The molecule has 1 heterocycles. The molecular formula is C23H21Cl2NO3. The van der Waals surface area contributed by atoms with Crippen molar-refractivity contribution >= 4 is 40.6 Å². The van der Waals surface area contributed by atoms with Crippen LogP contribution in [-0.2, 0) is 9.59 Å². The van der Waals surface area contributed by atoms with Gasteiger partial charge in [-0.2, -0.15) is 0 Å². The first-order chi connectivity index (χ1) is 14.0. The zero-order chi connectivity index (χ0) is 20.5. The summed E-state index contributed by atoms with van der Waals surface area (Å²) in [5, 5.41) is 0.836. The summed E-state index contributed by atoms with van der Waals surface area (Å²) in [7, 11) is 0. The molecule has 0 bridgehead atoms. The molecule has 1 unspecified atom stereocenters. The molecule has 2 aromatic rings. The second kappa shape index (κ2) is 8.21. The van der Waals surface area contributed by atoms with Crippen molar-refractivity contribution in [2.75, 3.05) is 11.5 Å². The molecule has 4 rings (SSSR count). The highest BCUT2D eigenvalue weighted by Crippen LogP contribution is 2.46. The molecule has 0 fully saturated rings. The smallest absolute Gasteiger partial charge is 0.232 e. The zero-order valence-electron chi connectivity index (χ0n) is 16.1. The highest BCUT2D eigenvalue weighted by atomic mass is 35.5. The van der Waals surface area contributed by atoms with Crippen LogP contribution in [0.15, 0.2) is 53.7 Å². The monoisotopic (exact) mass is 429 g/mol. The molecule has 2 aliphatic rings. The van der Waals surface area contributed by atoms with Gasteiger partial charge in [0.05, 0.1) is 16.7 Å². The number of benzene rings is 2. The summed E-state index contributed by atoms with van der Waals surface area (Å²) in [5.41, 5.74) is 2.95. The maximum atomic E-state index is 13.2. The van der Waals surface area contributed by atoms with Crippen LogP contribution in [-0.4, -0.2) is 18.3 Å². The Morgan fingerprint density at radius 2 is 1.83 bits per heavy atom. The van der Waals surface area contributed by atoms with Crippen LogP contribution in [0.5, 0.6) is 5.75 Å². The standard InChI is InChI=1S/C23H21Cl2NO3/c1-2-29-15-11-9-14(10-12-15)26-19-7-4-8-20(27)22(19)17(13-21(26)28)16-5-3-6-18(24)23(16)25/h3,5-6,9-12,17H,2,4,7-8,13H2,1H3. The highest BCUT2D eigenvalue weighted by molar-refractivity contribution is 6.42. The number of carbonyl (C=O) groups is 2. The lowest BCUT2D eigenvalue weighted by atomic mass is 9.77. The number of hydrogen-bond donors (Lipinski definition) is 0. The molecule has 1 aliphatic carbocycles. The number of rotatable bonds is 4. The average molecular weight is 430 g/mol. The van der Waals surface area contributed by atoms with Gasteiger partial charge < -0.3 is 4.74 Å². The molecule has 2 aromatic carbocycles. The molecule has 0 aromatic heterocycles. The number of halogens is 2. The van der Waals surface area contributed by atoms with E-state index in [0.717, 1.165) is 29.1 Å². The number of anilines is 1. The minimum Gasteiger partial charge on any atom is -0.494 e. The number of hydrogen-bond acceptors (Lipinski definition) is 3. The van der Waals surface area contributed by atoms with E-state index in [4.69, 9.17) is 27.9 Å². The lowest BCUT2D eigenvalue weighted by Gasteiger charge is -2.38. The lowest BCUT2D eigenvalue weighted by molar-refractivity contribution is -0.119. The van der Waals surface area contributed by atoms with Crippen molar-refractivity contribution in [2.45, 2.75) is 38.5 Å². The Kier molecular flexibility index (Phi) is 5.66. The molecule has 0 spiro atoms. The van der Waals surface area contributed by atoms with Crippen LogP contribution in [0.25, 0.3) is 0 Å². The van der Waals surface area contributed by atoms with E-state index in [2.05, 4.69) is 0 Å². The zero-order valence-corrected chi connectivity index (χ0v) is 17.6. The number of ketones is 1. The molecule has 6 heteroatoms. The Balaban J connectivity index is 1.81. The molecular weight excluding hydrogens is 409 g/mol. The van der Waals surface area contributed by atoms with Gasteiger partial charge in [0, 0.05) is 35.7 Å². The van der Waals surface area contributed by atoms with E-state index in [1.807, 2.05) is 37.3 Å². The fourth-order valence-corrected chi connectivity index (χ4v) is 4.65. The molecule has 1 atom stereocenters. The predicted octanol–water partition coefficient (Wildman–Crippen LogP) is 5.92. The van der Waals surface area contributed by atoms with Gasteiger partial charge in [-0.05, 0) is 55.7 Å². The van der Waals surface area contributed by atoms with E-state index in [1.54, 1.807) is 17.0 Å². The highest BCUT2D eigenvalue weighted by Gasteiger charge is 2.40. The maximum absolute atomic E-state index is 13.2. The third kappa shape index (κ3) is 3.67. The van der Waals surface area contributed by atoms with Crippen molar-refractivity contribution < 1.29 is 14.3 Å². The van der Waals surface area contributed by atoms with Gasteiger partial charge >= 0.3 is 0 Å². The minimum atomic E-state index is -0.365. The van der Waals surface area contributed by atoms with Gasteiger partial charge in [-0.25, -0.2) is 0 Å². The van der Waals surface area contributed by atoms with Crippen LogP contribution in [0.2, 0.25) is 10.0 Å². The van der Waals surface area contributed by atoms with Gasteiger partial charge in [0.15, 0.2) is 5.78 Å². The summed E-state index contributed by atoms with van der Waals surface area (Å²) in [6, 6.07) is 12.8. The van der Waals surface area contributed by atoms with Gasteiger partial charge in [-0.15, -0.1) is 0 Å². The normalized spacial score (nSPS) is 19.4. The quantitative estimate of drug-likeness (QED) is 0.605. The number of amides is 1. The molecule has 0 N–H and O–H groups in total. The molecule has 1 amide bonds. The van der Waals surface area contributed by atoms with E-state index in [-0.39, 0.29) is 24.0 Å². The minimum absolute atomic E-state index is 0.0522. The van der Waals surface area contributed by atoms with Gasteiger partial charge in [0.2, 0.25) is 5.91 Å². The fraction of sp³-hybridized carbons (Fsp3) is 0.304. The summed E-state index contributed by atoms with van der Waals surface area (Å²) >= 11 is 12.7. The molecule has 1 aliphatic heterocycles. The second-order valence-electron chi connectivity index (χ2n) is 7.19. The van der Waals surface area contributed by atoms with Crippen molar-refractivity contribution in [1.29, 1.82) is 0 Å². The predicted molar refractivity (Wildman–Crippen MR) is 115 cm³/mol. The van der Waals surface area contributed by atoms with Gasteiger partial charge in [-0.3, -0.25) is 14.5 Å². The van der Waals surface area contributed by atoms with Crippen molar-refractivity contribution in [3.63, 3.8) is 0 Å². The summed E-state index contributed by atoms with van der Waals surface area (Å²) in [6.07, 6.45) is 2.07. The summed E-state index contributed by atoms with van der Waals surface area (Å²) in [4.78, 5) is 27.9. The first-order valence-corrected chi connectivity index (χ1v) is 10.5. The third-order valence-corrected chi connectivity index (χ3v) is 6.27. The topological polar surface area (TPSA) is 46.6 Å². The van der Waals surface area contributed by atoms with Crippen LogP contribution in [0.3, 0.4) is 0 Å². The number of Topliss-reactive ketones (excluding diaryl/α,β-unsaturated/α-hetero) is 1. The number of carbonyl (C=O) groups excluding carboxylic acids is 2. The number of allylic oxidation sites excluding steroid dienone is 2. The summed E-state index contributed by atoms with van der Waals surface area (Å²) in [6.45, 7) is 2.50. The van der Waals surface area contributed by atoms with Crippen molar-refractivity contribution in [1.82, 2.24) is 0 Å². The SMILES string of the molecule is CCOc1ccc(N2C(=O)CC(c3cccc(Cl)c3Cl)C3=C2CCCC3=O)cc1. The second-order valence-corrected chi connectivity index (χ2v) is 7.98. The molecule has 0 saturated carbocycles. The Morgan fingerprint density at radius 3 is 2.55 bits per heavy atom. The van der Waals surface area contributed by atoms with Crippen molar-refractivity contribution in [3.05, 3.63) is 69.3 Å². The lowest BCUT2D eigenvalue weighted by Crippen LogP contribution is -2.40. The molecule has 4 nitrogen and oxygen atoms in total. The third-order valence-electron chi connectivity index (χ3n) is 5.44. The average Bonchev–Trinajstić information content (AvgIpc) is 2.71. The van der Waals surface area contributed by atoms with Crippen LogP contribution in [0.1, 0.15) is 44.1 Å². The summed E-state index contributed by atoms with van der Waals surface area (Å²) < 4.78 is 5.50. The van der Waals surface area contributed by atoms with Gasteiger partial charge in [0.25, 0.3) is 0 Å². The van der Waals surface area contributed by atoms with E-state index < -0.39 is 0 Å². The first-order valence-electron chi connectivity index (χ1n) is 9.77. The van der Waals surface area contributed by atoms with Crippen molar-refractivity contribution in [2.24, 2.45) is 0 Å². The fourth-order valence-electron chi connectivity index (χ4n) is 4.21. The van der Waals surface area contributed by atoms with Crippen molar-refractivity contribution in [3.8, 4) is 5.75 Å². The Bertz CT molecular complexity index is 998. The largest absolute Gasteiger partial charge is 0.494 e. The van der Waals surface area contributed by atoms with E-state index in [9.17, 15) is 9.59 Å². The van der Waals surface area contributed by atoms with E-state index >= 15 is 0 Å². The van der Waals surface area contributed by atoms with Gasteiger partial charge in [0.1, 0.15) is 5.75 Å². The van der Waals surface area contributed by atoms with E-state index in [0.29, 0.717) is 35.1 Å². The Hall–Kier alpha value is -2.30. The van der Waals surface area contributed by atoms with Crippen LogP contribution >= 0.6 is 23.2 Å². The number of ether oxygens (including phenoxy) is 1. The summed E-state index contributed by atoms with van der Waals surface area (Å²) in [5.74, 6) is 0.410. The molecule has 0 radical (unpaired) electrons. The van der Waals surface area contributed by atoms with E-state index in [1.165, 1.54) is 0 Å². The van der Waals surface area contributed by atoms with Crippen LogP contribution in [0, 0.1) is 0 Å². The van der Waals surface area contributed by atoms with Crippen LogP contribution in [0.4, 0.5) is 5.69 Å². The molecule has 0 saturated heterocycles. The molecule has 29 heavy (non-hydrogen) atoms. The maximum Gasteiger partial charge on any atom is 0.232 e. The Labute approximate surface area is 180 Å². The van der Waals surface area contributed by atoms with Gasteiger partial charge in [-0.1, -0.05) is 35.3 Å². The first kappa shape index (κ1) is 20.0. The Morgan fingerprint density at radius 1 is 1.07 bits per heavy atom. The molecule has 150 valence electrons. The number of nitrogens with zero attached hydrogens (tertiary/aromatic N) is 1.